The predicted octanol–water partition coefficient (Wildman–Crippen LogP) is 4.51. The number of hydrogen-bond acceptors (Lipinski definition) is 3. The highest BCUT2D eigenvalue weighted by Gasteiger charge is 2.29. The lowest BCUT2D eigenvalue weighted by Crippen LogP contribution is -2.28. The van der Waals surface area contributed by atoms with Crippen LogP contribution in [0.2, 0.25) is 10.2 Å². The number of carbonyl (C=O) groups is 1. The van der Waals surface area contributed by atoms with Crippen LogP contribution in [-0.4, -0.2) is 17.1 Å². The van der Waals surface area contributed by atoms with Gasteiger partial charge in [-0.25, -0.2) is 9.78 Å². The summed E-state index contributed by atoms with van der Waals surface area (Å²) in [6, 6.07) is 1.44. The van der Waals surface area contributed by atoms with Gasteiger partial charge in [-0.1, -0.05) is 37.0 Å². The molecule has 1 fully saturated rings. The van der Waals surface area contributed by atoms with Gasteiger partial charge in [-0.2, -0.15) is 0 Å². The van der Waals surface area contributed by atoms with E-state index in [4.69, 9.17) is 27.9 Å². The molecular formula is C14H17Cl2NO2. The van der Waals surface area contributed by atoms with Gasteiger partial charge in [0.15, 0.2) is 0 Å². The van der Waals surface area contributed by atoms with E-state index in [1.807, 2.05) is 0 Å². The highest BCUT2D eigenvalue weighted by molar-refractivity contribution is 6.34. The Kier molecular flexibility index (Phi) is 4.36. The molecule has 0 bridgehead atoms. The SMILES string of the molecule is CC1(C)CCC(OC(=O)c2cc(Cl)ncc2Cl)CC1. The topological polar surface area (TPSA) is 39.2 Å². The van der Waals surface area contributed by atoms with Gasteiger partial charge < -0.3 is 4.74 Å². The minimum Gasteiger partial charge on any atom is -0.459 e. The molecule has 0 amide bonds. The van der Waals surface area contributed by atoms with E-state index < -0.39 is 5.97 Å². The van der Waals surface area contributed by atoms with Crippen LogP contribution in [0.3, 0.4) is 0 Å². The number of hydrogen-bond donors (Lipinski definition) is 0. The number of pyridine rings is 1. The van der Waals surface area contributed by atoms with E-state index in [-0.39, 0.29) is 21.8 Å². The molecule has 5 heteroatoms. The lowest BCUT2D eigenvalue weighted by atomic mass is 9.76. The summed E-state index contributed by atoms with van der Waals surface area (Å²) in [6.07, 6.45) is 5.27. The average Bonchev–Trinajstić information content (AvgIpc) is 2.35. The van der Waals surface area contributed by atoms with E-state index >= 15 is 0 Å². The highest BCUT2D eigenvalue weighted by Crippen LogP contribution is 2.36. The lowest BCUT2D eigenvalue weighted by Gasteiger charge is -2.33. The molecule has 1 saturated carbocycles. The molecule has 1 aromatic rings. The Hall–Kier alpha value is -0.800. The van der Waals surface area contributed by atoms with Crippen LogP contribution in [0, 0.1) is 5.41 Å². The number of halogens is 2. The summed E-state index contributed by atoms with van der Waals surface area (Å²) < 4.78 is 5.50. The van der Waals surface area contributed by atoms with Gasteiger partial charge in [-0.3, -0.25) is 0 Å². The van der Waals surface area contributed by atoms with Crippen molar-refractivity contribution >= 4 is 29.2 Å². The summed E-state index contributed by atoms with van der Waals surface area (Å²) in [5.41, 5.74) is 0.632. The number of nitrogens with zero attached hydrogens (tertiary/aromatic N) is 1. The van der Waals surface area contributed by atoms with Crippen LogP contribution >= 0.6 is 23.2 Å². The normalized spacial score (nSPS) is 19.2. The second-order valence-electron chi connectivity index (χ2n) is 5.76. The van der Waals surface area contributed by atoms with Gasteiger partial charge in [0.1, 0.15) is 11.3 Å². The molecule has 0 aliphatic heterocycles. The van der Waals surface area contributed by atoms with Gasteiger partial charge in [0, 0.05) is 6.20 Å². The fraction of sp³-hybridized carbons (Fsp3) is 0.571. The molecule has 0 atom stereocenters. The predicted molar refractivity (Wildman–Crippen MR) is 75.7 cm³/mol. The maximum atomic E-state index is 12.1. The number of carbonyl (C=O) groups excluding carboxylic acids is 1. The monoisotopic (exact) mass is 301 g/mol. The third kappa shape index (κ3) is 3.83. The molecule has 1 aliphatic rings. The van der Waals surface area contributed by atoms with Crippen LogP contribution in [0.15, 0.2) is 12.3 Å². The van der Waals surface area contributed by atoms with Crippen molar-refractivity contribution in [1.82, 2.24) is 4.98 Å². The number of ether oxygens (including phenoxy) is 1. The van der Waals surface area contributed by atoms with E-state index in [0.29, 0.717) is 5.41 Å². The van der Waals surface area contributed by atoms with Gasteiger partial charge >= 0.3 is 5.97 Å². The zero-order valence-electron chi connectivity index (χ0n) is 11.1. The molecule has 104 valence electrons. The second-order valence-corrected chi connectivity index (χ2v) is 6.55. The summed E-state index contributed by atoms with van der Waals surface area (Å²) >= 11 is 11.7. The Balaban J connectivity index is 2.00. The second kappa shape index (κ2) is 5.68. The minimum atomic E-state index is -0.418. The largest absolute Gasteiger partial charge is 0.459 e. The number of esters is 1. The maximum absolute atomic E-state index is 12.1. The van der Waals surface area contributed by atoms with Crippen molar-refractivity contribution in [2.45, 2.75) is 45.6 Å². The van der Waals surface area contributed by atoms with Gasteiger partial charge in [0.05, 0.1) is 10.6 Å². The summed E-state index contributed by atoms with van der Waals surface area (Å²) in [7, 11) is 0. The Morgan fingerprint density at radius 1 is 1.37 bits per heavy atom. The molecular weight excluding hydrogens is 285 g/mol. The van der Waals surface area contributed by atoms with Crippen LogP contribution in [0.25, 0.3) is 0 Å². The van der Waals surface area contributed by atoms with Gasteiger partial charge in [-0.15, -0.1) is 0 Å². The number of rotatable bonds is 2. The first kappa shape index (κ1) is 14.6. The molecule has 0 unspecified atom stereocenters. The van der Waals surface area contributed by atoms with Crippen molar-refractivity contribution in [1.29, 1.82) is 0 Å². The third-order valence-corrected chi connectivity index (χ3v) is 4.11. The van der Waals surface area contributed by atoms with Crippen molar-refractivity contribution in [2.24, 2.45) is 5.41 Å². The Labute approximate surface area is 123 Å². The number of aromatic nitrogens is 1. The summed E-state index contributed by atoms with van der Waals surface area (Å²) in [4.78, 5) is 15.9. The van der Waals surface area contributed by atoms with Gasteiger partial charge in [-0.05, 0) is 37.2 Å². The molecule has 0 spiro atoms. The van der Waals surface area contributed by atoms with E-state index in [1.165, 1.54) is 12.3 Å². The molecule has 1 aromatic heterocycles. The smallest absolute Gasteiger partial charge is 0.340 e. The summed E-state index contributed by atoms with van der Waals surface area (Å²) in [6.45, 7) is 4.48. The van der Waals surface area contributed by atoms with Crippen LogP contribution in [0.1, 0.15) is 49.9 Å². The fourth-order valence-corrected chi connectivity index (χ4v) is 2.61. The summed E-state index contributed by atoms with van der Waals surface area (Å²) in [5, 5.41) is 0.506. The quantitative estimate of drug-likeness (QED) is 0.596. The molecule has 0 N–H and O–H groups in total. The highest BCUT2D eigenvalue weighted by atomic mass is 35.5. The van der Waals surface area contributed by atoms with Crippen LogP contribution in [-0.2, 0) is 4.74 Å². The molecule has 19 heavy (non-hydrogen) atoms. The van der Waals surface area contributed by atoms with Crippen molar-refractivity contribution in [2.75, 3.05) is 0 Å². The zero-order valence-corrected chi connectivity index (χ0v) is 12.6. The molecule has 0 radical (unpaired) electrons. The Bertz CT molecular complexity index is 478. The van der Waals surface area contributed by atoms with Crippen molar-refractivity contribution in [3.63, 3.8) is 0 Å². The van der Waals surface area contributed by atoms with E-state index in [9.17, 15) is 4.79 Å². The third-order valence-electron chi connectivity index (χ3n) is 3.60. The van der Waals surface area contributed by atoms with Crippen molar-refractivity contribution in [3.05, 3.63) is 28.0 Å². The molecule has 0 aromatic carbocycles. The van der Waals surface area contributed by atoms with E-state index in [1.54, 1.807) is 0 Å². The van der Waals surface area contributed by atoms with Crippen molar-refractivity contribution < 1.29 is 9.53 Å². The molecule has 3 nitrogen and oxygen atoms in total. The van der Waals surface area contributed by atoms with E-state index in [2.05, 4.69) is 18.8 Å². The van der Waals surface area contributed by atoms with Crippen LogP contribution in [0.5, 0.6) is 0 Å². The van der Waals surface area contributed by atoms with Gasteiger partial charge in [0.2, 0.25) is 0 Å². The summed E-state index contributed by atoms with van der Waals surface area (Å²) in [5.74, 6) is -0.418. The first-order valence-corrected chi connectivity index (χ1v) is 7.15. The molecule has 2 rings (SSSR count). The molecule has 0 saturated heterocycles. The standard InChI is InChI=1S/C14H17Cl2NO2/c1-14(2)5-3-9(4-6-14)19-13(18)10-7-12(16)17-8-11(10)15/h7-9H,3-6H2,1-2H3. The zero-order chi connectivity index (χ0) is 14.0. The van der Waals surface area contributed by atoms with Crippen LogP contribution < -0.4 is 0 Å². The average molecular weight is 302 g/mol. The maximum Gasteiger partial charge on any atom is 0.340 e. The Morgan fingerprint density at radius 2 is 2.00 bits per heavy atom. The van der Waals surface area contributed by atoms with Crippen molar-refractivity contribution in [3.8, 4) is 0 Å². The first-order chi connectivity index (χ1) is 8.87. The lowest BCUT2D eigenvalue weighted by molar-refractivity contribution is 0.00952. The van der Waals surface area contributed by atoms with Gasteiger partial charge in [0.25, 0.3) is 0 Å². The fourth-order valence-electron chi connectivity index (χ4n) is 2.28. The molecule has 1 aliphatic carbocycles. The van der Waals surface area contributed by atoms with Crippen LogP contribution in [0.4, 0.5) is 0 Å². The molecule has 1 heterocycles. The minimum absolute atomic E-state index is 0.0245. The Morgan fingerprint density at radius 3 is 2.63 bits per heavy atom. The van der Waals surface area contributed by atoms with E-state index in [0.717, 1.165) is 25.7 Å². The first-order valence-electron chi connectivity index (χ1n) is 6.39.